The molecule has 0 aliphatic carbocycles. The third kappa shape index (κ3) is 7.24. The fourth-order valence-corrected chi connectivity index (χ4v) is 6.81. The molecule has 1 aliphatic rings. The van der Waals surface area contributed by atoms with Crippen molar-refractivity contribution >= 4 is 66.8 Å². The van der Waals surface area contributed by atoms with Gasteiger partial charge in [-0.15, -0.1) is 10.2 Å². The van der Waals surface area contributed by atoms with E-state index in [1.165, 1.54) is 22.6 Å². The molecular formula is C30H34N8O2S2. The molecule has 5 rings (SSSR count). The molecule has 1 aliphatic heterocycles. The Balaban J connectivity index is 0.985. The van der Waals surface area contributed by atoms with Crippen LogP contribution < -0.4 is 15.5 Å². The summed E-state index contributed by atoms with van der Waals surface area (Å²) in [5.74, 6) is -0.174. The number of amidine groups is 1. The van der Waals surface area contributed by atoms with Crippen LogP contribution in [0.1, 0.15) is 47.7 Å². The summed E-state index contributed by atoms with van der Waals surface area (Å²) in [6.07, 6.45) is 5.27. The van der Waals surface area contributed by atoms with Crippen molar-refractivity contribution in [3.8, 4) is 0 Å². The number of aromatic nitrogens is 3. The minimum Gasteiger partial charge on any atom is -0.374 e. The van der Waals surface area contributed by atoms with Crippen LogP contribution in [0.25, 0.3) is 10.9 Å². The lowest BCUT2D eigenvalue weighted by molar-refractivity contribution is -0.119. The molecule has 42 heavy (non-hydrogen) atoms. The average Bonchev–Trinajstić information content (AvgIpc) is 3.63. The Morgan fingerprint density at radius 3 is 2.69 bits per heavy atom. The molecule has 0 radical (unpaired) electrons. The number of nitrogens with zero attached hydrogens (tertiary/aromatic N) is 4. The monoisotopic (exact) mass is 602 g/mol. The summed E-state index contributed by atoms with van der Waals surface area (Å²) < 4.78 is 1.99. The Bertz CT molecular complexity index is 1630. The highest BCUT2D eigenvalue weighted by atomic mass is 32.2. The summed E-state index contributed by atoms with van der Waals surface area (Å²) in [5.41, 5.74) is 4.35. The zero-order valence-corrected chi connectivity index (χ0v) is 25.3. The molecule has 1 atom stereocenters. The van der Waals surface area contributed by atoms with Crippen molar-refractivity contribution in [2.75, 3.05) is 23.8 Å². The number of para-hydroxylation sites is 2. The number of carbonyl (C=O) groups excluding carboxylic acids is 2. The normalized spacial score (nSPS) is 14.1. The maximum Gasteiger partial charge on any atom is 0.230 e. The molecule has 12 heteroatoms. The molecular weight excluding hydrogens is 569 g/mol. The number of thioether (sulfide) groups is 1. The minimum atomic E-state index is -0.267. The number of hydrogen-bond donors (Lipinski definition) is 4. The van der Waals surface area contributed by atoms with Gasteiger partial charge in [0.25, 0.3) is 0 Å². The molecule has 218 valence electrons. The van der Waals surface area contributed by atoms with E-state index in [4.69, 9.17) is 10.8 Å². The SMILES string of the molecule is CN1CC(CC(=O)Nc2nnc(CCCCC(=N)SC(=N)NC(=O)Cc3cn(C)c4ccccc34)s2)c2ccccc21. The second kappa shape index (κ2) is 13.3. The second-order valence-electron chi connectivity index (χ2n) is 10.5. The molecule has 10 nitrogen and oxygen atoms in total. The van der Waals surface area contributed by atoms with Crippen LogP contribution in [0.4, 0.5) is 10.8 Å². The number of hydrogen-bond acceptors (Lipinski definition) is 9. The summed E-state index contributed by atoms with van der Waals surface area (Å²) in [4.78, 5) is 27.4. The van der Waals surface area contributed by atoms with E-state index in [1.807, 2.05) is 61.3 Å². The summed E-state index contributed by atoms with van der Waals surface area (Å²) in [6, 6.07) is 16.1. The minimum absolute atomic E-state index is 0.0394. The van der Waals surface area contributed by atoms with Crippen LogP contribution in [0.3, 0.4) is 0 Å². The van der Waals surface area contributed by atoms with E-state index in [9.17, 15) is 9.59 Å². The van der Waals surface area contributed by atoms with Crippen molar-refractivity contribution in [3.05, 3.63) is 70.9 Å². The number of rotatable bonds is 10. The van der Waals surface area contributed by atoms with Gasteiger partial charge in [-0.1, -0.05) is 47.7 Å². The highest BCUT2D eigenvalue weighted by molar-refractivity contribution is 8.26. The molecule has 3 heterocycles. The summed E-state index contributed by atoms with van der Waals surface area (Å²) in [7, 11) is 3.99. The van der Waals surface area contributed by atoms with Crippen LogP contribution in [0, 0.1) is 10.8 Å². The molecule has 1 unspecified atom stereocenters. The van der Waals surface area contributed by atoms with Crippen molar-refractivity contribution < 1.29 is 9.59 Å². The van der Waals surface area contributed by atoms with Crippen molar-refractivity contribution in [1.29, 1.82) is 10.8 Å². The van der Waals surface area contributed by atoms with Gasteiger partial charge in [0, 0.05) is 62.2 Å². The Morgan fingerprint density at radius 1 is 1.05 bits per heavy atom. The predicted octanol–water partition coefficient (Wildman–Crippen LogP) is 5.31. The first kappa shape index (κ1) is 29.5. The van der Waals surface area contributed by atoms with Gasteiger partial charge in [0.1, 0.15) is 5.01 Å². The molecule has 0 saturated heterocycles. The van der Waals surface area contributed by atoms with Crippen LogP contribution >= 0.6 is 23.1 Å². The van der Waals surface area contributed by atoms with E-state index in [-0.39, 0.29) is 29.3 Å². The van der Waals surface area contributed by atoms with Crippen molar-refractivity contribution in [1.82, 2.24) is 20.1 Å². The van der Waals surface area contributed by atoms with Crippen LogP contribution in [-0.4, -0.2) is 50.4 Å². The Kier molecular flexibility index (Phi) is 9.33. The molecule has 4 aromatic rings. The van der Waals surface area contributed by atoms with Gasteiger partial charge in [0.05, 0.1) is 11.5 Å². The Labute approximate surface area is 252 Å². The van der Waals surface area contributed by atoms with Gasteiger partial charge >= 0.3 is 0 Å². The third-order valence-electron chi connectivity index (χ3n) is 7.28. The van der Waals surface area contributed by atoms with E-state index in [1.54, 1.807) is 0 Å². The smallest absolute Gasteiger partial charge is 0.230 e. The van der Waals surface area contributed by atoms with Gasteiger partial charge in [-0.3, -0.25) is 20.4 Å². The van der Waals surface area contributed by atoms with Crippen LogP contribution in [0.15, 0.2) is 54.7 Å². The van der Waals surface area contributed by atoms with Crippen molar-refractivity contribution in [3.63, 3.8) is 0 Å². The molecule has 2 amide bonds. The standard InChI is InChI=1S/C30H34N8O2S2/c1-37-17-19(21-9-3-5-11-23(21)37)15-26(39)33-29(32)41-25(31)13-7-8-14-28-35-36-30(42-28)34-27(40)16-20-18-38(2)24-12-6-4-10-22(20)24/h3-6,9-12,17,20,31H,7-8,13-16,18H2,1-2H3,(H2,32,33,39)(H,34,36,40). The lowest BCUT2D eigenvalue weighted by atomic mass is 9.98. The molecule has 2 aromatic heterocycles. The molecule has 0 bridgehead atoms. The average molecular weight is 603 g/mol. The predicted molar refractivity (Wildman–Crippen MR) is 171 cm³/mol. The van der Waals surface area contributed by atoms with Gasteiger partial charge in [-0.2, -0.15) is 0 Å². The molecule has 2 aromatic carbocycles. The molecule has 0 fully saturated rings. The number of nitrogens with one attached hydrogen (secondary N) is 4. The zero-order valence-electron chi connectivity index (χ0n) is 23.6. The fourth-order valence-electron chi connectivity index (χ4n) is 5.35. The van der Waals surface area contributed by atoms with Crippen LogP contribution in [-0.2, 0) is 29.5 Å². The van der Waals surface area contributed by atoms with E-state index in [0.717, 1.165) is 52.6 Å². The number of amides is 2. The highest BCUT2D eigenvalue weighted by Gasteiger charge is 2.28. The number of likely N-dealkylation sites (N-methyl/N-ethyl adjacent to an activating group) is 1. The molecule has 0 spiro atoms. The first-order chi connectivity index (χ1) is 20.3. The zero-order chi connectivity index (χ0) is 29.6. The first-order valence-electron chi connectivity index (χ1n) is 13.9. The molecule has 4 N–H and O–H groups in total. The number of fused-ring (bicyclic) bond motifs is 2. The topological polar surface area (TPSA) is 140 Å². The van der Waals surface area contributed by atoms with Gasteiger partial charge in [0.2, 0.25) is 16.9 Å². The highest BCUT2D eigenvalue weighted by Crippen LogP contribution is 2.37. The fraction of sp³-hybridized carbons (Fsp3) is 0.333. The van der Waals surface area contributed by atoms with E-state index in [0.29, 0.717) is 29.4 Å². The van der Waals surface area contributed by atoms with Gasteiger partial charge in [-0.05, 0) is 54.3 Å². The third-order valence-corrected chi connectivity index (χ3v) is 8.94. The van der Waals surface area contributed by atoms with E-state index < -0.39 is 0 Å². The lowest BCUT2D eigenvalue weighted by Crippen LogP contribution is -2.29. The van der Waals surface area contributed by atoms with Crippen LogP contribution in [0.5, 0.6) is 0 Å². The maximum atomic E-state index is 12.7. The number of carbonyl (C=O) groups is 2. The summed E-state index contributed by atoms with van der Waals surface area (Å²) >= 11 is 2.34. The van der Waals surface area contributed by atoms with Crippen LogP contribution in [0.2, 0.25) is 0 Å². The number of aryl methyl sites for hydroxylation is 2. The van der Waals surface area contributed by atoms with E-state index in [2.05, 4.69) is 37.9 Å². The van der Waals surface area contributed by atoms with Gasteiger partial charge in [0.15, 0.2) is 5.17 Å². The largest absolute Gasteiger partial charge is 0.374 e. The van der Waals surface area contributed by atoms with E-state index >= 15 is 0 Å². The molecule has 0 saturated carbocycles. The number of anilines is 2. The number of unbranched alkanes of at least 4 members (excludes halogenated alkanes) is 1. The number of benzene rings is 2. The Hall–Kier alpha value is -4.03. The first-order valence-corrected chi connectivity index (χ1v) is 15.5. The quantitative estimate of drug-likeness (QED) is 0.110. The van der Waals surface area contributed by atoms with Crippen molar-refractivity contribution in [2.45, 2.75) is 44.4 Å². The lowest BCUT2D eigenvalue weighted by Gasteiger charge is -2.12. The van der Waals surface area contributed by atoms with Crippen molar-refractivity contribution in [2.24, 2.45) is 7.05 Å². The second-order valence-corrected chi connectivity index (χ2v) is 12.6. The summed E-state index contributed by atoms with van der Waals surface area (Å²) in [6.45, 7) is 0.818. The summed E-state index contributed by atoms with van der Waals surface area (Å²) in [5, 5.41) is 32.8. The van der Waals surface area contributed by atoms with Gasteiger partial charge < -0.3 is 20.1 Å². The Morgan fingerprint density at radius 2 is 1.83 bits per heavy atom. The maximum absolute atomic E-state index is 12.7. The van der Waals surface area contributed by atoms with Gasteiger partial charge in [-0.25, -0.2) is 0 Å².